The Morgan fingerprint density at radius 2 is 1.89 bits per heavy atom. The van der Waals surface area contributed by atoms with Crippen molar-refractivity contribution in [3.8, 4) is 11.1 Å². The van der Waals surface area contributed by atoms with E-state index < -0.39 is 5.82 Å². The summed E-state index contributed by atoms with van der Waals surface area (Å²) in [5, 5.41) is 9.03. The van der Waals surface area contributed by atoms with Gasteiger partial charge in [-0.2, -0.15) is 0 Å². The molecule has 18 heavy (non-hydrogen) atoms. The molecule has 2 aromatic rings. The summed E-state index contributed by atoms with van der Waals surface area (Å²) in [5.74, 6) is 0.138. The van der Waals surface area contributed by atoms with Crippen LogP contribution in [0.1, 0.15) is 5.56 Å². The molecule has 2 rings (SSSR count). The highest BCUT2D eigenvalue weighted by Crippen LogP contribution is 2.24. The lowest BCUT2D eigenvalue weighted by Gasteiger charge is -2.10. The molecule has 0 aliphatic heterocycles. The number of aromatic nitrogens is 2. The summed E-state index contributed by atoms with van der Waals surface area (Å²) in [6.45, 7) is -0.323. The quantitative estimate of drug-likeness (QED) is 0.899. The van der Waals surface area contributed by atoms with Gasteiger partial charge in [-0.1, -0.05) is 18.2 Å². The SMILES string of the molecule is CN(C)c1ncc(-c2cccc(CO)c2F)cn1. The van der Waals surface area contributed by atoms with Crippen LogP contribution in [0.15, 0.2) is 30.6 Å². The van der Waals surface area contributed by atoms with E-state index in [9.17, 15) is 4.39 Å². The fourth-order valence-electron chi connectivity index (χ4n) is 1.62. The molecule has 0 amide bonds. The van der Waals surface area contributed by atoms with E-state index in [1.54, 1.807) is 35.5 Å². The highest BCUT2D eigenvalue weighted by atomic mass is 19.1. The summed E-state index contributed by atoms with van der Waals surface area (Å²) in [7, 11) is 3.67. The van der Waals surface area contributed by atoms with Crippen molar-refractivity contribution in [3.05, 3.63) is 42.0 Å². The molecule has 0 saturated carbocycles. The van der Waals surface area contributed by atoms with Gasteiger partial charge in [-0.15, -0.1) is 0 Å². The van der Waals surface area contributed by atoms with Crippen molar-refractivity contribution in [1.82, 2.24) is 9.97 Å². The summed E-state index contributed by atoms with van der Waals surface area (Å²) in [4.78, 5) is 10.0. The molecule has 4 nitrogen and oxygen atoms in total. The molecule has 0 spiro atoms. The van der Waals surface area contributed by atoms with Crippen molar-refractivity contribution in [2.45, 2.75) is 6.61 Å². The Bertz CT molecular complexity index is 540. The van der Waals surface area contributed by atoms with Crippen LogP contribution in [0.4, 0.5) is 10.3 Å². The van der Waals surface area contributed by atoms with Crippen LogP contribution in [0.25, 0.3) is 11.1 Å². The second kappa shape index (κ2) is 5.10. The van der Waals surface area contributed by atoms with Crippen LogP contribution in [-0.2, 0) is 6.61 Å². The number of hydrogen-bond acceptors (Lipinski definition) is 4. The summed E-state index contributed by atoms with van der Waals surface area (Å²) < 4.78 is 14.0. The van der Waals surface area contributed by atoms with Gasteiger partial charge in [0.25, 0.3) is 0 Å². The van der Waals surface area contributed by atoms with Gasteiger partial charge in [0, 0.05) is 43.2 Å². The lowest BCUT2D eigenvalue weighted by molar-refractivity contribution is 0.276. The Morgan fingerprint density at radius 3 is 2.44 bits per heavy atom. The van der Waals surface area contributed by atoms with Crippen molar-refractivity contribution in [2.75, 3.05) is 19.0 Å². The average Bonchev–Trinajstić information content (AvgIpc) is 2.39. The minimum atomic E-state index is -0.429. The van der Waals surface area contributed by atoms with Gasteiger partial charge in [0.2, 0.25) is 5.95 Å². The van der Waals surface area contributed by atoms with E-state index in [1.165, 1.54) is 0 Å². The first-order valence-corrected chi connectivity index (χ1v) is 5.51. The molecule has 0 bridgehead atoms. The molecule has 0 aliphatic rings. The summed E-state index contributed by atoms with van der Waals surface area (Å²) >= 11 is 0. The predicted molar refractivity (Wildman–Crippen MR) is 67.7 cm³/mol. The van der Waals surface area contributed by atoms with Crippen LogP contribution in [0.5, 0.6) is 0 Å². The van der Waals surface area contributed by atoms with Crippen LogP contribution in [0, 0.1) is 5.82 Å². The lowest BCUT2D eigenvalue weighted by atomic mass is 10.1. The molecule has 1 heterocycles. The molecule has 0 aliphatic carbocycles. The Morgan fingerprint density at radius 1 is 1.22 bits per heavy atom. The molecule has 1 N–H and O–H groups in total. The van der Waals surface area contributed by atoms with E-state index in [1.807, 2.05) is 14.1 Å². The summed E-state index contributed by atoms with van der Waals surface area (Å²) in [5.41, 5.74) is 1.25. The second-order valence-electron chi connectivity index (χ2n) is 4.10. The third-order valence-corrected chi connectivity index (χ3v) is 2.60. The van der Waals surface area contributed by atoms with Crippen molar-refractivity contribution < 1.29 is 9.50 Å². The Labute approximate surface area is 105 Å². The number of aliphatic hydroxyl groups excluding tert-OH is 1. The van der Waals surface area contributed by atoms with E-state index in [-0.39, 0.29) is 12.2 Å². The van der Waals surface area contributed by atoms with Crippen molar-refractivity contribution in [2.24, 2.45) is 0 Å². The zero-order valence-electron chi connectivity index (χ0n) is 10.3. The lowest BCUT2D eigenvalue weighted by Crippen LogP contribution is -2.12. The van der Waals surface area contributed by atoms with Crippen LogP contribution in [0.2, 0.25) is 0 Å². The van der Waals surface area contributed by atoms with Gasteiger partial charge >= 0.3 is 0 Å². The molecule has 0 fully saturated rings. The van der Waals surface area contributed by atoms with Gasteiger partial charge in [0.05, 0.1) is 6.61 Å². The Kier molecular flexibility index (Phi) is 3.53. The molecule has 5 heteroatoms. The van der Waals surface area contributed by atoms with E-state index >= 15 is 0 Å². The number of anilines is 1. The first kappa shape index (κ1) is 12.4. The highest BCUT2D eigenvalue weighted by Gasteiger charge is 2.10. The van der Waals surface area contributed by atoms with Crippen LogP contribution in [-0.4, -0.2) is 29.2 Å². The molecule has 0 unspecified atom stereocenters. The first-order valence-electron chi connectivity index (χ1n) is 5.51. The van der Waals surface area contributed by atoms with E-state index in [4.69, 9.17) is 5.11 Å². The molecular weight excluding hydrogens is 233 g/mol. The molecule has 1 aromatic heterocycles. The Hall–Kier alpha value is -2.01. The first-order chi connectivity index (χ1) is 8.63. The minimum absolute atomic E-state index is 0.268. The third-order valence-electron chi connectivity index (χ3n) is 2.60. The summed E-state index contributed by atoms with van der Waals surface area (Å²) in [6, 6.07) is 4.89. The highest BCUT2D eigenvalue weighted by molar-refractivity contribution is 5.63. The number of benzene rings is 1. The predicted octanol–water partition coefficient (Wildman–Crippen LogP) is 1.84. The average molecular weight is 247 g/mol. The smallest absolute Gasteiger partial charge is 0.224 e. The number of aliphatic hydroxyl groups is 1. The van der Waals surface area contributed by atoms with Crippen LogP contribution >= 0.6 is 0 Å². The van der Waals surface area contributed by atoms with Crippen LogP contribution in [0.3, 0.4) is 0 Å². The molecular formula is C13H14FN3O. The molecule has 94 valence electrons. The van der Waals surface area contributed by atoms with E-state index in [0.717, 1.165) is 0 Å². The zero-order chi connectivity index (χ0) is 13.1. The maximum Gasteiger partial charge on any atom is 0.224 e. The standard InChI is InChI=1S/C13H14FN3O/c1-17(2)13-15-6-10(7-16-13)11-5-3-4-9(8-18)12(11)14/h3-7,18H,8H2,1-2H3. The van der Waals surface area contributed by atoms with Gasteiger partial charge in [0.1, 0.15) is 5.82 Å². The maximum absolute atomic E-state index is 14.0. The fourth-order valence-corrected chi connectivity index (χ4v) is 1.62. The van der Waals surface area contributed by atoms with Gasteiger partial charge in [-0.05, 0) is 0 Å². The zero-order valence-corrected chi connectivity index (χ0v) is 10.3. The Balaban J connectivity index is 2.43. The van der Waals surface area contributed by atoms with Crippen LogP contribution < -0.4 is 4.90 Å². The molecule has 0 radical (unpaired) electrons. The monoisotopic (exact) mass is 247 g/mol. The van der Waals surface area contributed by atoms with Crippen molar-refractivity contribution in [3.63, 3.8) is 0 Å². The van der Waals surface area contributed by atoms with E-state index in [2.05, 4.69) is 9.97 Å². The topological polar surface area (TPSA) is 49.2 Å². The van der Waals surface area contributed by atoms with E-state index in [0.29, 0.717) is 17.1 Å². The minimum Gasteiger partial charge on any atom is -0.392 e. The van der Waals surface area contributed by atoms with Gasteiger partial charge in [-0.3, -0.25) is 0 Å². The fraction of sp³-hybridized carbons (Fsp3) is 0.231. The maximum atomic E-state index is 14.0. The largest absolute Gasteiger partial charge is 0.392 e. The number of nitrogens with zero attached hydrogens (tertiary/aromatic N) is 3. The molecule has 0 atom stereocenters. The second-order valence-corrected chi connectivity index (χ2v) is 4.10. The van der Waals surface area contributed by atoms with Gasteiger partial charge in [0.15, 0.2) is 0 Å². The molecule has 1 aromatic carbocycles. The van der Waals surface area contributed by atoms with Crippen molar-refractivity contribution >= 4 is 5.95 Å². The third kappa shape index (κ3) is 2.31. The van der Waals surface area contributed by atoms with Gasteiger partial charge in [-0.25, -0.2) is 14.4 Å². The van der Waals surface area contributed by atoms with Crippen molar-refractivity contribution in [1.29, 1.82) is 0 Å². The molecule has 0 saturated heterocycles. The number of hydrogen-bond donors (Lipinski definition) is 1. The van der Waals surface area contributed by atoms with Gasteiger partial charge < -0.3 is 10.0 Å². The number of halogens is 1. The summed E-state index contributed by atoms with van der Waals surface area (Å²) in [6.07, 6.45) is 3.14. The number of rotatable bonds is 3. The normalized spacial score (nSPS) is 10.4.